The minimum absolute atomic E-state index is 0.0774. The van der Waals surface area contributed by atoms with Crippen molar-refractivity contribution in [2.45, 2.75) is 44.1 Å². The zero-order valence-corrected chi connectivity index (χ0v) is 15.7. The molecular formula is C20H24ClNO4. The van der Waals surface area contributed by atoms with Gasteiger partial charge in [-0.25, -0.2) is 4.79 Å². The van der Waals surface area contributed by atoms with Gasteiger partial charge >= 0.3 is 5.97 Å². The Morgan fingerprint density at radius 3 is 2.35 bits per heavy atom. The van der Waals surface area contributed by atoms with Gasteiger partial charge in [-0.1, -0.05) is 11.6 Å². The molecule has 0 atom stereocenters. The highest BCUT2D eigenvalue weighted by molar-refractivity contribution is 6.31. The Morgan fingerprint density at radius 1 is 1.15 bits per heavy atom. The average molecular weight is 378 g/mol. The summed E-state index contributed by atoms with van der Waals surface area (Å²) in [4.78, 5) is 24.7. The monoisotopic (exact) mass is 377 g/mol. The first-order chi connectivity index (χ1) is 12.5. The van der Waals surface area contributed by atoms with Crippen LogP contribution in [0.4, 0.5) is 0 Å². The third kappa shape index (κ3) is 3.41. The van der Waals surface area contributed by atoms with Crippen LogP contribution in [0.15, 0.2) is 18.2 Å². The summed E-state index contributed by atoms with van der Waals surface area (Å²) < 4.78 is 10.4. The van der Waals surface area contributed by atoms with Crippen LogP contribution in [0.2, 0.25) is 5.02 Å². The Bertz CT molecular complexity index is 697. The smallest absolute Gasteiger partial charge is 0.342 e. The summed E-state index contributed by atoms with van der Waals surface area (Å²) in [6.07, 6.45) is 7.17. The lowest BCUT2D eigenvalue weighted by Crippen LogP contribution is -2.60. The minimum atomic E-state index is -0.606. The number of halogens is 1. The van der Waals surface area contributed by atoms with Gasteiger partial charge in [-0.15, -0.1) is 0 Å². The lowest BCUT2D eigenvalue weighted by molar-refractivity contribution is -0.130. The van der Waals surface area contributed by atoms with Crippen LogP contribution in [0.25, 0.3) is 0 Å². The Kier molecular flexibility index (Phi) is 4.59. The molecule has 0 unspecified atom stereocenters. The number of benzene rings is 1. The minimum Gasteiger partial charge on any atom is -0.496 e. The van der Waals surface area contributed by atoms with Gasteiger partial charge in [0.05, 0.1) is 7.11 Å². The van der Waals surface area contributed by atoms with Gasteiger partial charge in [0.25, 0.3) is 5.91 Å². The number of hydrogen-bond donors (Lipinski definition) is 1. The molecule has 0 saturated heterocycles. The number of nitrogens with one attached hydrogen (secondary N) is 1. The molecule has 0 spiro atoms. The number of carbonyl (C=O) groups is 2. The second-order valence-electron chi connectivity index (χ2n) is 8.17. The number of esters is 1. The van der Waals surface area contributed by atoms with Crippen molar-refractivity contribution in [2.75, 3.05) is 13.7 Å². The van der Waals surface area contributed by atoms with E-state index < -0.39 is 5.97 Å². The summed E-state index contributed by atoms with van der Waals surface area (Å²) in [6, 6.07) is 4.73. The molecule has 4 saturated carbocycles. The second kappa shape index (κ2) is 6.76. The van der Waals surface area contributed by atoms with Crippen molar-refractivity contribution in [3.63, 3.8) is 0 Å². The molecule has 0 heterocycles. The van der Waals surface area contributed by atoms with E-state index in [-0.39, 0.29) is 23.6 Å². The molecule has 26 heavy (non-hydrogen) atoms. The molecule has 140 valence electrons. The first kappa shape index (κ1) is 17.7. The van der Waals surface area contributed by atoms with E-state index in [0.717, 1.165) is 37.0 Å². The fourth-order valence-corrected chi connectivity index (χ4v) is 5.82. The van der Waals surface area contributed by atoms with Crippen molar-refractivity contribution >= 4 is 23.5 Å². The van der Waals surface area contributed by atoms with Gasteiger partial charge in [-0.3, -0.25) is 4.79 Å². The second-order valence-corrected chi connectivity index (χ2v) is 8.60. The molecule has 1 aromatic carbocycles. The fraction of sp³-hybridized carbons (Fsp3) is 0.600. The topological polar surface area (TPSA) is 64.6 Å². The van der Waals surface area contributed by atoms with E-state index in [0.29, 0.717) is 10.8 Å². The van der Waals surface area contributed by atoms with Gasteiger partial charge < -0.3 is 14.8 Å². The standard InChI is InChI=1S/C20H24ClNO4/c1-25-17-3-2-15(21)7-16(17)19(24)26-11-18(23)22-20-8-12-4-13(9-20)6-14(5-12)10-20/h2-3,7,12-14H,4-6,8-11H2,1H3,(H,22,23). The first-order valence-electron chi connectivity index (χ1n) is 9.28. The van der Waals surface area contributed by atoms with Gasteiger partial charge in [-0.2, -0.15) is 0 Å². The summed E-state index contributed by atoms with van der Waals surface area (Å²) >= 11 is 5.94. The largest absolute Gasteiger partial charge is 0.496 e. The molecule has 0 aliphatic heterocycles. The fourth-order valence-electron chi connectivity index (χ4n) is 5.64. The maximum Gasteiger partial charge on any atom is 0.342 e. The summed E-state index contributed by atoms with van der Waals surface area (Å²) in [7, 11) is 1.47. The van der Waals surface area contributed by atoms with Crippen LogP contribution < -0.4 is 10.1 Å². The molecule has 1 aromatic rings. The molecule has 4 fully saturated rings. The number of carbonyl (C=O) groups excluding carboxylic acids is 2. The van der Waals surface area contributed by atoms with Gasteiger partial charge in [-0.05, 0) is 74.5 Å². The molecule has 1 N–H and O–H groups in total. The predicted octanol–water partition coefficient (Wildman–Crippen LogP) is 3.59. The summed E-state index contributed by atoms with van der Waals surface area (Å²) in [5.74, 6) is 1.80. The van der Waals surface area contributed by atoms with Crippen LogP contribution in [-0.4, -0.2) is 31.1 Å². The maximum absolute atomic E-state index is 12.4. The van der Waals surface area contributed by atoms with Crippen molar-refractivity contribution in [3.8, 4) is 5.75 Å². The number of methoxy groups -OCH3 is 1. The van der Waals surface area contributed by atoms with Crippen molar-refractivity contribution < 1.29 is 19.1 Å². The number of ether oxygens (including phenoxy) is 2. The SMILES string of the molecule is COc1ccc(Cl)cc1C(=O)OCC(=O)NC12CC3CC(CC(C3)C1)C2. The van der Waals surface area contributed by atoms with Crippen molar-refractivity contribution in [3.05, 3.63) is 28.8 Å². The predicted molar refractivity (Wildman–Crippen MR) is 97.3 cm³/mol. The Balaban J connectivity index is 1.36. The quantitative estimate of drug-likeness (QED) is 0.796. The highest BCUT2D eigenvalue weighted by Gasteiger charge is 2.51. The van der Waals surface area contributed by atoms with E-state index in [1.807, 2.05) is 0 Å². The highest BCUT2D eigenvalue weighted by atomic mass is 35.5. The van der Waals surface area contributed by atoms with Gasteiger partial charge in [0.1, 0.15) is 11.3 Å². The van der Waals surface area contributed by atoms with Crippen LogP contribution >= 0.6 is 11.6 Å². The Morgan fingerprint density at radius 2 is 1.77 bits per heavy atom. The third-order valence-electron chi connectivity index (χ3n) is 6.16. The lowest BCUT2D eigenvalue weighted by Gasteiger charge is -2.56. The van der Waals surface area contributed by atoms with Crippen molar-refractivity contribution in [1.29, 1.82) is 0 Å². The zero-order valence-electron chi connectivity index (χ0n) is 14.9. The molecule has 5 rings (SSSR count). The average Bonchev–Trinajstić information content (AvgIpc) is 2.58. The Hall–Kier alpha value is -1.75. The normalized spacial score (nSPS) is 31.5. The third-order valence-corrected chi connectivity index (χ3v) is 6.39. The van der Waals surface area contributed by atoms with Crippen LogP contribution in [0, 0.1) is 17.8 Å². The molecule has 4 aliphatic carbocycles. The van der Waals surface area contributed by atoms with Gasteiger partial charge in [0.15, 0.2) is 6.61 Å². The van der Waals surface area contributed by atoms with Crippen LogP contribution in [0.3, 0.4) is 0 Å². The highest BCUT2D eigenvalue weighted by Crippen LogP contribution is 2.55. The van der Waals surface area contributed by atoms with E-state index in [1.54, 1.807) is 12.1 Å². The Labute approximate surface area is 158 Å². The van der Waals surface area contributed by atoms with Gasteiger partial charge in [0.2, 0.25) is 0 Å². The van der Waals surface area contributed by atoms with E-state index >= 15 is 0 Å². The molecule has 5 nitrogen and oxygen atoms in total. The zero-order chi connectivity index (χ0) is 18.3. The lowest BCUT2D eigenvalue weighted by atomic mass is 9.53. The number of amides is 1. The van der Waals surface area contributed by atoms with Crippen molar-refractivity contribution in [1.82, 2.24) is 5.32 Å². The molecular weight excluding hydrogens is 354 g/mol. The van der Waals surface area contributed by atoms with E-state index in [4.69, 9.17) is 21.1 Å². The van der Waals surface area contributed by atoms with E-state index in [9.17, 15) is 9.59 Å². The maximum atomic E-state index is 12.4. The summed E-state index contributed by atoms with van der Waals surface area (Å²) in [5, 5.41) is 3.61. The van der Waals surface area contributed by atoms with Crippen LogP contribution in [-0.2, 0) is 9.53 Å². The van der Waals surface area contributed by atoms with Crippen molar-refractivity contribution in [2.24, 2.45) is 17.8 Å². The van der Waals surface area contributed by atoms with E-state index in [2.05, 4.69) is 5.32 Å². The molecule has 6 heteroatoms. The van der Waals surface area contributed by atoms with Gasteiger partial charge in [0, 0.05) is 10.6 Å². The molecule has 1 amide bonds. The molecule has 0 aromatic heterocycles. The van der Waals surface area contributed by atoms with E-state index in [1.165, 1.54) is 32.4 Å². The first-order valence-corrected chi connectivity index (χ1v) is 9.66. The van der Waals surface area contributed by atoms with Crippen LogP contribution in [0.5, 0.6) is 5.75 Å². The summed E-state index contributed by atoms with van der Waals surface area (Å²) in [6.45, 7) is -0.281. The molecule has 4 aliphatic rings. The van der Waals surface area contributed by atoms with Crippen LogP contribution in [0.1, 0.15) is 48.9 Å². The number of rotatable bonds is 5. The molecule has 4 bridgehead atoms. The summed E-state index contributed by atoms with van der Waals surface area (Å²) in [5.41, 5.74) is 0.147. The number of hydrogen-bond acceptors (Lipinski definition) is 4. The molecule has 0 radical (unpaired) electrons.